The van der Waals surface area contributed by atoms with E-state index in [2.05, 4.69) is 36.8 Å². The van der Waals surface area contributed by atoms with Crippen molar-refractivity contribution in [1.82, 2.24) is 14.6 Å². The van der Waals surface area contributed by atoms with Gasteiger partial charge in [0.15, 0.2) is 17.2 Å². The van der Waals surface area contributed by atoms with Gasteiger partial charge in [0.05, 0.1) is 24.7 Å². The summed E-state index contributed by atoms with van der Waals surface area (Å²) in [6, 6.07) is 8.72. The van der Waals surface area contributed by atoms with Gasteiger partial charge in [-0.1, -0.05) is 0 Å². The smallest absolute Gasteiger partial charge is 0.411 e. The van der Waals surface area contributed by atoms with E-state index >= 15 is 0 Å². The number of methoxy groups -OCH3 is 1. The molecule has 0 radical (unpaired) electrons. The first kappa shape index (κ1) is 17.4. The van der Waals surface area contributed by atoms with Crippen LogP contribution in [-0.4, -0.2) is 38.9 Å². The summed E-state index contributed by atoms with van der Waals surface area (Å²) in [5, 5.41) is 32.8. The molecule has 1 aliphatic rings. The molecule has 1 aromatic carbocycles. The monoisotopic (exact) mass is 379 g/mol. The molecule has 1 fully saturated rings. The molecule has 3 aromatic rings. The molecule has 0 bridgehead atoms. The Balaban J connectivity index is 1.70. The van der Waals surface area contributed by atoms with Crippen molar-refractivity contribution in [2.24, 2.45) is 0 Å². The molecule has 142 valence electrons. The molecule has 1 aliphatic carbocycles. The topological polar surface area (TPSA) is 137 Å². The van der Waals surface area contributed by atoms with Crippen molar-refractivity contribution in [2.45, 2.75) is 18.9 Å². The average Bonchev–Trinajstić information content (AvgIpc) is 3.40. The number of nitriles is 1. The highest BCUT2D eigenvalue weighted by Crippen LogP contribution is 2.32. The number of benzene rings is 1. The van der Waals surface area contributed by atoms with E-state index in [-0.39, 0.29) is 5.75 Å². The average molecular weight is 379 g/mol. The van der Waals surface area contributed by atoms with E-state index < -0.39 is 6.09 Å². The first-order chi connectivity index (χ1) is 13.6. The lowest BCUT2D eigenvalue weighted by Crippen LogP contribution is -2.11. The van der Waals surface area contributed by atoms with E-state index in [9.17, 15) is 15.2 Å². The number of phenols is 1. The van der Waals surface area contributed by atoms with Gasteiger partial charge in [-0.05, 0) is 31.0 Å². The molecule has 2 heterocycles. The zero-order chi connectivity index (χ0) is 19.7. The van der Waals surface area contributed by atoms with Crippen LogP contribution in [0.25, 0.3) is 5.65 Å². The summed E-state index contributed by atoms with van der Waals surface area (Å²) < 4.78 is 6.02. The van der Waals surface area contributed by atoms with E-state index in [0.717, 1.165) is 18.5 Å². The van der Waals surface area contributed by atoms with Crippen LogP contribution in [-0.2, 0) is 4.74 Å². The van der Waals surface area contributed by atoms with E-state index in [0.29, 0.717) is 34.6 Å². The maximum Gasteiger partial charge on any atom is 0.411 e. The summed E-state index contributed by atoms with van der Waals surface area (Å²) in [5.74, 6) is 0.371. The minimum atomic E-state index is -0.621. The molecule has 1 amide bonds. The lowest BCUT2D eigenvalue weighted by Gasteiger charge is -2.13. The third-order valence-corrected chi connectivity index (χ3v) is 4.21. The molecule has 10 heteroatoms. The van der Waals surface area contributed by atoms with E-state index in [1.54, 1.807) is 12.1 Å². The van der Waals surface area contributed by atoms with Crippen LogP contribution in [0.1, 0.15) is 18.5 Å². The van der Waals surface area contributed by atoms with Gasteiger partial charge in [0.25, 0.3) is 0 Å². The Labute approximate surface area is 159 Å². The number of aromatic nitrogens is 3. The molecule has 0 atom stereocenters. The molecular formula is C18H17N7O3. The Morgan fingerprint density at radius 3 is 2.89 bits per heavy atom. The van der Waals surface area contributed by atoms with Crippen molar-refractivity contribution in [3.05, 3.63) is 36.2 Å². The van der Waals surface area contributed by atoms with Crippen LogP contribution < -0.4 is 16.0 Å². The quantitative estimate of drug-likeness (QED) is 0.392. The number of ether oxygens (including phenoxy) is 1. The molecule has 2 aromatic heterocycles. The number of carbonyl (C=O) groups excluding carboxylic acids is 1. The Hall–Kier alpha value is -4.00. The van der Waals surface area contributed by atoms with Crippen LogP contribution in [0.2, 0.25) is 0 Å². The normalized spacial score (nSPS) is 13.0. The van der Waals surface area contributed by atoms with Gasteiger partial charge in [0.2, 0.25) is 0 Å². The number of hydrogen-bond acceptors (Lipinski definition) is 8. The summed E-state index contributed by atoms with van der Waals surface area (Å²) in [6.45, 7) is 0. The first-order valence-corrected chi connectivity index (χ1v) is 8.58. The minimum Gasteiger partial charge on any atom is -0.506 e. The number of nitrogens with one attached hydrogen (secondary N) is 3. The third-order valence-electron chi connectivity index (χ3n) is 4.21. The summed E-state index contributed by atoms with van der Waals surface area (Å²) in [5.41, 5.74) is 2.36. The number of nitrogens with zero attached hydrogens (tertiary/aromatic N) is 4. The second-order valence-electron chi connectivity index (χ2n) is 6.33. The highest BCUT2D eigenvalue weighted by atomic mass is 16.5. The molecular weight excluding hydrogens is 362 g/mol. The molecule has 4 rings (SSSR count). The Morgan fingerprint density at radius 2 is 2.18 bits per heavy atom. The standard InChI is InChI=1S/C18H17N7O3/c1-28-18(27)22-11-4-5-15(26)13(6-11)23-16-7-14(21-10-2-3-10)17-20-9-12(8-19)25(17)24-16/h4-7,9-10,21,26H,2-3H2,1H3,(H,22,27)(H,23,24). The number of carbonyl (C=O) groups is 1. The molecule has 4 N–H and O–H groups in total. The SMILES string of the molecule is COC(=O)Nc1ccc(O)c(Nc2cc(NC3CC3)c3ncc(C#N)n3n2)c1. The summed E-state index contributed by atoms with van der Waals surface area (Å²) in [4.78, 5) is 15.7. The molecule has 0 saturated heterocycles. The Kier molecular flexibility index (Phi) is 4.33. The first-order valence-electron chi connectivity index (χ1n) is 8.58. The van der Waals surface area contributed by atoms with E-state index in [1.807, 2.05) is 0 Å². The van der Waals surface area contributed by atoms with Crippen LogP contribution in [0.5, 0.6) is 5.75 Å². The molecule has 0 unspecified atom stereocenters. The van der Waals surface area contributed by atoms with Gasteiger partial charge in [-0.3, -0.25) is 5.32 Å². The van der Waals surface area contributed by atoms with Crippen LogP contribution in [0, 0.1) is 11.3 Å². The number of phenolic OH excluding ortho intramolecular Hbond substituents is 1. The predicted molar refractivity (Wildman–Crippen MR) is 102 cm³/mol. The van der Waals surface area contributed by atoms with Gasteiger partial charge in [0.1, 0.15) is 11.8 Å². The van der Waals surface area contributed by atoms with Crippen molar-refractivity contribution < 1.29 is 14.6 Å². The second kappa shape index (κ2) is 6.96. The number of amides is 1. The lowest BCUT2D eigenvalue weighted by atomic mass is 10.2. The maximum absolute atomic E-state index is 11.4. The number of hydrogen-bond donors (Lipinski definition) is 4. The summed E-state index contributed by atoms with van der Waals surface area (Å²) in [6.07, 6.45) is 2.99. The minimum absolute atomic E-state index is 0.0276. The maximum atomic E-state index is 11.4. The van der Waals surface area contributed by atoms with Gasteiger partial charge in [-0.25, -0.2) is 9.78 Å². The Bertz CT molecular complexity index is 1100. The van der Waals surface area contributed by atoms with Gasteiger partial charge >= 0.3 is 6.09 Å². The molecule has 0 spiro atoms. The van der Waals surface area contributed by atoms with E-state index in [1.165, 1.54) is 30.0 Å². The van der Waals surface area contributed by atoms with Crippen molar-refractivity contribution >= 4 is 34.6 Å². The van der Waals surface area contributed by atoms with Gasteiger partial charge in [-0.2, -0.15) is 9.78 Å². The number of rotatable bonds is 5. The second-order valence-corrected chi connectivity index (χ2v) is 6.33. The zero-order valence-electron chi connectivity index (χ0n) is 14.9. The van der Waals surface area contributed by atoms with Gasteiger partial charge in [-0.15, -0.1) is 5.10 Å². The van der Waals surface area contributed by atoms with Gasteiger partial charge in [0, 0.05) is 17.8 Å². The molecule has 28 heavy (non-hydrogen) atoms. The summed E-state index contributed by atoms with van der Waals surface area (Å²) in [7, 11) is 1.26. The van der Waals surface area contributed by atoms with Crippen LogP contribution in [0.3, 0.4) is 0 Å². The largest absolute Gasteiger partial charge is 0.506 e. The van der Waals surface area contributed by atoms with E-state index in [4.69, 9.17) is 0 Å². The highest BCUT2D eigenvalue weighted by molar-refractivity contribution is 5.86. The molecule has 10 nitrogen and oxygen atoms in total. The Morgan fingerprint density at radius 1 is 1.36 bits per heavy atom. The fourth-order valence-electron chi connectivity index (χ4n) is 2.68. The summed E-state index contributed by atoms with van der Waals surface area (Å²) >= 11 is 0. The van der Waals surface area contributed by atoms with Crippen LogP contribution >= 0.6 is 0 Å². The number of anilines is 4. The van der Waals surface area contributed by atoms with Crippen LogP contribution in [0.4, 0.5) is 27.7 Å². The zero-order valence-corrected chi connectivity index (χ0v) is 14.9. The molecule has 0 aliphatic heterocycles. The number of aromatic hydroxyl groups is 1. The fraction of sp³-hybridized carbons (Fsp3) is 0.222. The van der Waals surface area contributed by atoms with Crippen molar-refractivity contribution in [1.29, 1.82) is 5.26 Å². The number of imidazole rings is 1. The lowest BCUT2D eigenvalue weighted by molar-refractivity contribution is 0.187. The van der Waals surface area contributed by atoms with Crippen molar-refractivity contribution in [3.8, 4) is 11.8 Å². The fourth-order valence-corrected chi connectivity index (χ4v) is 2.68. The third kappa shape index (κ3) is 3.45. The van der Waals surface area contributed by atoms with Crippen LogP contribution in [0.15, 0.2) is 30.5 Å². The van der Waals surface area contributed by atoms with Crippen molar-refractivity contribution in [3.63, 3.8) is 0 Å². The highest BCUT2D eigenvalue weighted by Gasteiger charge is 2.23. The predicted octanol–water partition coefficient (Wildman–Crippen LogP) is 2.80. The van der Waals surface area contributed by atoms with Gasteiger partial charge < -0.3 is 20.5 Å². The number of fused-ring (bicyclic) bond motifs is 1. The molecule has 1 saturated carbocycles. The van der Waals surface area contributed by atoms with Crippen molar-refractivity contribution in [2.75, 3.05) is 23.1 Å².